The first-order chi connectivity index (χ1) is 7.13. The van der Waals surface area contributed by atoms with Crippen molar-refractivity contribution in [2.75, 3.05) is 19.0 Å². The quantitative estimate of drug-likeness (QED) is 0.746. The van der Waals surface area contributed by atoms with Gasteiger partial charge in [0.15, 0.2) is 0 Å². The van der Waals surface area contributed by atoms with Gasteiger partial charge in [0.1, 0.15) is 0 Å². The molecule has 1 saturated heterocycles. The third-order valence-electron chi connectivity index (χ3n) is 3.53. The van der Waals surface area contributed by atoms with Crippen LogP contribution in [-0.2, 0) is 4.79 Å². The highest BCUT2D eigenvalue weighted by Crippen LogP contribution is 2.32. The van der Waals surface area contributed by atoms with Crippen molar-refractivity contribution in [3.8, 4) is 0 Å². The van der Waals surface area contributed by atoms with Crippen molar-refractivity contribution in [3.63, 3.8) is 0 Å². The minimum absolute atomic E-state index is 0.154. The normalized spacial score (nSPS) is 30.1. The molecule has 15 heavy (non-hydrogen) atoms. The summed E-state index contributed by atoms with van der Waals surface area (Å²) in [4.78, 5) is 13.4. The lowest BCUT2D eigenvalue weighted by atomic mass is 10.0. The predicted octanol–water partition coefficient (Wildman–Crippen LogP) is 1.38. The summed E-state index contributed by atoms with van der Waals surface area (Å²) < 4.78 is 0. The average Bonchev–Trinajstić information content (AvgIpc) is 2.75. The zero-order valence-electron chi connectivity index (χ0n) is 8.91. The monoisotopic (exact) mass is 231 g/mol. The summed E-state index contributed by atoms with van der Waals surface area (Å²) >= 11 is 5.75. The molecule has 0 radical (unpaired) electrons. The minimum atomic E-state index is -0.614. The molecule has 3 nitrogen and oxygen atoms in total. The molecule has 1 amide bonds. The molecule has 1 N–H and O–H groups in total. The fraction of sp³-hybridized carbons (Fsp3) is 0.909. The second-order valence-corrected chi connectivity index (χ2v) is 5.24. The van der Waals surface area contributed by atoms with E-state index < -0.39 is 5.60 Å². The van der Waals surface area contributed by atoms with E-state index in [1.54, 1.807) is 4.90 Å². The summed E-state index contributed by atoms with van der Waals surface area (Å²) in [5.74, 6) is 0.978. The van der Waals surface area contributed by atoms with Crippen LogP contribution < -0.4 is 0 Å². The Bertz CT molecular complexity index is 251. The molecular weight excluding hydrogens is 214 g/mol. The Labute approximate surface area is 95.4 Å². The molecular formula is C11H18ClNO2. The molecule has 2 rings (SSSR count). The molecule has 1 heterocycles. The smallest absolute Gasteiger partial charge is 0.223 e. The van der Waals surface area contributed by atoms with E-state index in [2.05, 4.69) is 0 Å². The lowest BCUT2D eigenvalue weighted by Gasteiger charge is -2.28. The van der Waals surface area contributed by atoms with Gasteiger partial charge in [-0.1, -0.05) is 12.8 Å². The highest BCUT2D eigenvalue weighted by atomic mass is 35.5. The summed E-state index contributed by atoms with van der Waals surface area (Å²) in [6.45, 7) is 1.24. The first-order valence-corrected chi connectivity index (χ1v) is 6.22. The highest BCUT2D eigenvalue weighted by molar-refractivity contribution is 6.18. The van der Waals surface area contributed by atoms with Gasteiger partial charge in [0.2, 0.25) is 5.91 Å². The molecule has 0 bridgehead atoms. The van der Waals surface area contributed by atoms with Crippen LogP contribution >= 0.6 is 11.6 Å². The van der Waals surface area contributed by atoms with Crippen LogP contribution in [0.2, 0.25) is 0 Å². The van der Waals surface area contributed by atoms with Crippen LogP contribution in [0.5, 0.6) is 0 Å². The van der Waals surface area contributed by atoms with Crippen molar-refractivity contribution in [2.24, 2.45) is 5.92 Å². The van der Waals surface area contributed by atoms with Crippen molar-refractivity contribution in [1.29, 1.82) is 0 Å². The number of amides is 1. The van der Waals surface area contributed by atoms with Crippen molar-refractivity contribution < 1.29 is 9.90 Å². The first kappa shape index (κ1) is 11.2. The molecule has 0 aromatic carbocycles. The third kappa shape index (κ3) is 2.45. The summed E-state index contributed by atoms with van der Waals surface area (Å²) in [5.41, 5.74) is -0.614. The van der Waals surface area contributed by atoms with Crippen molar-refractivity contribution in [1.82, 2.24) is 4.90 Å². The maximum absolute atomic E-state index is 11.6. The van der Waals surface area contributed by atoms with Gasteiger partial charge in [-0.3, -0.25) is 4.79 Å². The number of aliphatic hydroxyl groups is 1. The van der Waals surface area contributed by atoms with Crippen LogP contribution in [0.1, 0.15) is 32.1 Å². The molecule has 1 aliphatic carbocycles. The van der Waals surface area contributed by atoms with Gasteiger partial charge in [-0.25, -0.2) is 0 Å². The summed E-state index contributed by atoms with van der Waals surface area (Å²) in [5, 5.41) is 10.2. The van der Waals surface area contributed by atoms with Crippen LogP contribution in [0.15, 0.2) is 0 Å². The van der Waals surface area contributed by atoms with Gasteiger partial charge in [-0.05, 0) is 18.8 Å². The van der Waals surface area contributed by atoms with Crippen molar-refractivity contribution in [2.45, 2.75) is 37.7 Å². The van der Waals surface area contributed by atoms with Crippen molar-refractivity contribution >= 4 is 17.5 Å². The van der Waals surface area contributed by atoms with Crippen LogP contribution in [0.3, 0.4) is 0 Å². The second-order valence-electron chi connectivity index (χ2n) is 4.93. The van der Waals surface area contributed by atoms with E-state index in [0.717, 1.165) is 32.2 Å². The second kappa shape index (κ2) is 4.30. The molecule has 2 aliphatic rings. The molecule has 4 heteroatoms. The fourth-order valence-corrected chi connectivity index (χ4v) is 2.86. The number of rotatable bonds is 3. The zero-order chi connectivity index (χ0) is 10.9. The Morgan fingerprint density at radius 3 is 2.67 bits per heavy atom. The van der Waals surface area contributed by atoms with Gasteiger partial charge in [-0.2, -0.15) is 0 Å². The van der Waals surface area contributed by atoms with Gasteiger partial charge >= 0.3 is 0 Å². The molecule has 1 aliphatic heterocycles. The molecule has 2 fully saturated rings. The van der Waals surface area contributed by atoms with Crippen molar-refractivity contribution in [3.05, 3.63) is 0 Å². The number of β-amino-alcohol motifs (C(OH)–C–C–N with tert-alkyl or cyclic N) is 1. The Morgan fingerprint density at radius 2 is 2.13 bits per heavy atom. The molecule has 0 aromatic heterocycles. The van der Waals surface area contributed by atoms with E-state index in [-0.39, 0.29) is 11.8 Å². The lowest BCUT2D eigenvalue weighted by molar-refractivity contribution is -0.130. The standard InChI is InChI=1S/C11H18ClNO2/c12-6-9-5-10(14)13(7-9)8-11(15)3-1-2-4-11/h9,15H,1-8H2. The Balaban J connectivity index is 1.92. The number of carbonyl (C=O) groups is 1. The van der Waals surface area contributed by atoms with Crippen LogP contribution in [-0.4, -0.2) is 40.5 Å². The van der Waals surface area contributed by atoms with E-state index in [9.17, 15) is 9.90 Å². The highest BCUT2D eigenvalue weighted by Gasteiger charge is 2.38. The number of likely N-dealkylation sites (tertiary alicyclic amines) is 1. The average molecular weight is 232 g/mol. The summed E-state index contributed by atoms with van der Waals surface area (Å²) in [7, 11) is 0. The molecule has 0 aromatic rings. The van der Waals surface area contributed by atoms with E-state index in [0.29, 0.717) is 18.8 Å². The summed E-state index contributed by atoms with van der Waals surface area (Å²) in [6, 6.07) is 0. The number of carbonyl (C=O) groups excluding carboxylic acids is 1. The third-order valence-corrected chi connectivity index (χ3v) is 3.97. The Hall–Kier alpha value is -0.280. The fourth-order valence-electron chi connectivity index (χ4n) is 2.66. The lowest BCUT2D eigenvalue weighted by Crippen LogP contribution is -2.41. The van der Waals surface area contributed by atoms with Crippen LogP contribution in [0.4, 0.5) is 0 Å². The first-order valence-electron chi connectivity index (χ1n) is 5.69. The predicted molar refractivity (Wildman–Crippen MR) is 58.8 cm³/mol. The molecule has 1 saturated carbocycles. The topological polar surface area (TPSA) is 40.5 Å². The molecule has 86 valence electrons. The Kier molecular flexibility index (Phi) is 3.21. The minimum Gasteiger partial charge on any atom is -0.388 e. The zero-order valence-corrected chi connectivity index (χ0v) is 9.67. The SMILES string of the molecule is O=C1CC(CCl)CN1CC1(O)CCCC1. The Morgan fingerprint density at radius 1 is 1.47 bits per heavy atom. The molecule has 1 unspecified atom stereocenters. The van der Waals surface area contributed by atoms with Gasteiger partial charge in [0.25, 0.3) is 0 Å². The van der Waals surface area contributed by atoms with Gasteiger partial charge in [-0.15, -0.1) is 11.6 Å². The van der Waals surface area contributed by atoms with E-state index in [1.807, 2.05) is 0 Å². The molecule has 0 spiro atoms. The number of halogens is 1. The molecule has 1 atom stereocenters. The van der Waals surface area contributed by atoms with E-state index in [1.165, 1.54) is 0 Å². The van der Waals surface area contributed by atoms with E-state index in [4.69, 9.17) is 11.6 Å². The van der Waals surface area contributed by atoms with Crippen LogP contribution in [0.25, 0.3) is 0 Å². The van der Waals surface area contributed by atoms with Gasteiger partial charge in [0.05, 0.1) is 5.60 Å². The summed E-state index contributed by atoms with van der Waals surface area (Å²) in [6.07, 6.45) is 4.39. The maximum Gasteiger partial charge on any atom is 0.223 e. The van der Waals surface area contributed by atoms with Crippen LogP contribution in [0, 0.1) is 5.92 Å². The number of hydrogen-bond donors (Lipinski definition) is 1. The maximum atomic E-state index is 11.6. The number of nitrogens with zero attached hydrogens (tertiary/aromatic N) is 1. The number of alkyl halides is 1. The van der Waals surface area contributed by atoms with E-state index >= 15 is 0 Å². The largest absolute Gasteiger partial charge is 0.388 e. The van der Waals surface area contributed by atoms with Gasteiger partial charge < -0.3 is 10.0 Å². The number of hydrogen-bond acceptors (Lipinski definition) is 2. The van der Waals surface area contributed by atoms with Gasteiger partial charge in [0, 0.05) is 25.4 Å².